The highest BCUT2D eigenvalue weighted by atomic mass is 16.2. The Morgan fingerprint density at radius 1 is 1.32 bits per heavy atom. The summed E-state index contributed by atoms with van der Waals surface area (Å²) >= 11 is 0. The highest BCUT2D eigenvalue weighted by Gasteiger charge is 2.28. The van der Waals surface area contributed by atoms with Gasteiger partial charge in [-0.1, -0.05) is 18.2 Å². The van der Waals surface area contributed by atoms with E-state index in [0.717, 1.165) is 17.4 Å². The number of carbonyl (C=O) groups is 1. The Balaban J connectivity index is 1.61. The largest absolute Gasteiger partial charge is 0.331 e. The summed E-state index contributed by atoms with van der Waals surface area (Å²) in [7, 11) is 0. The fourth-order valence-electron chi connectivity index (χ4n) is 2.88. The minimum absolute atomic E-state index is 0.177. The lowest BCUT2D eigenvalue weighted by molar-refractivity contribution is 0.254. The topological polar surface area (TPSA) is 51.9 Å². The predicted octanol–water partition coefficient (Wildman–Crippen LogP) is 3.82. The molecule has 0 aliphatic heterocycles. The molecule has 0 bridgehead atoms. The molecule has 4 rings (SSSR count). The van der Waals surface area contributed by atoms with E-state index in [1.54, 1.807) is 10.8 Å². The number of fused-ring (bicyclic) bond motifs is 1. The van der Waals surface area contributed by atoms with E-state index in [2.05, 4.69) is 17.3 Å². The molecule has 5 heteroatoms. The van der Waals surface area contributed by atoms with Crippen LogP contribution >= 0.6 is 0 Å². The molecule has 5 nitrogen and oxygen atoms in total. The summed E-state index contributed by atoms with van der Waals surface area (Å²) in [5, 5.41) is 8.45. The number of hydrogen-bond acceptors (Lipinski definition) is 2. The summed E-state index contributed by atoms with van der Waals surface area (Å²) < 4.78 is 3.61. The Hall–Kier alpha value is -2.56. The molecular formula is C17H18N4O. The Morgan fingerprint density at radius 3 is 2.91 bits per heavy atom. The molecule has 112 valence electrons. The number of rotatable bonds is 3. The van der Waals surface area contributed by atoms with Crippen molar-refractivity contribution in [1.82, 2.24) is 14.3 Å². The molecule has 1 aromatic carbocycles. The van der Waals surface area contributed by atoms with Gasteiger partial charge in [0.2, 0.25) is 0 Å². The van der Waals surface area contributed by atoms with Crippen LogP contribution in [0.15, 0.2) is 42.6 Å². The van der Waals surface area contributed by atoms with Crippen molar-refractivity contribution in [2.45, 2.75) is 32.2 Å². The third-order valence-corrected chi connectivity index (χ3v) is 4.16. The third-order valence-electron chi connectivity index (χ3n) is 4.16. The van der Waals surface area contributed by atoms with Gasteiger partial charge in [-0.25, -0.2) is 4.79 Å². The molecule has 0 saturated heterocycles. The number of aryl methyl sites for hydroxylation is 1. The lowest BCUT2D eigenvalue weighted by Gasteiger charge is -2.04. The molecule has 1 amide bonds. The number of hydrogen-bond donors (Lipinski definition) is 1. The number of aromatic nitrogens is 3. The maximum Gasteiger partial charge on any atom is 0.331 e. The smallest absolute Gasteiger partial charge is 0.290 e. The Kier molecular flexibility index (Phi) is 2.99. The fraction of sp³-hybridized carbons (Fsp3) is 0.294. The summed E-state index contributed by atoms with van der Waals surface area (Å²) in [6.45, 7) is 2.90. The van der Waals surface area contributed by atoms with Crippen LogP contribution in [0.3, 0.4) is 0 Å². The van der Waals surface area contributed by atoms with E-state index < -0.39 is 0 Å². The number of nitrogens with zero attached hydrogens (tertiary/aromatic N) is 3. The number of anilines is 1. The monoisotopic (exact) mass is 294 g/mol. The van der Waals surface area contributed by atoms with Crippen LogP contribution in [0.2, 0.25) is 0 Å². The lowest BCUT2D eigenvalue weighted by Crippen LogP contribution is -2.18. The first-order chi connectivity index (χ1) is 10.8. The van der Waals surface area contributed by atoms with E-state index in [-0.39, 0.29) is 6.03 Å². The van der Waals surface area contributed by atoms with Gasteiger partial charge in [-0.3, -0.25) is 14.6 Å². The van der Waals surface area contributed by atoms with Gasteiger partial charge in [0.15, 0.2) is 5.82 Å². The van der Waals surface area contributed by atoms with Crippen molar-refractivity contribution in [2.75, 3.05) is 5.32 Å². The molecular weight excluding hydrogens is 276 g/mol. The maximum absolute atomic E-state index is 12.5. The molecule has 22 heavy (non-hydrogen) atoms. The van der Waals surface area contributed by atoms with Crippen LogP contribution in [0, 0.1) is 0 Å². The van der Waals surface area contributed by atoms with E-state index in [1.165, 1.54) is 18.5 Å². The minimum Gasteiger partial charge on any atom is -0.290 e. The van der Waals surface area contributed by atoms with Gasteiger partial charge in [0.05, 0.1) is 5.52 Å². The second-order valence-electron chi connectivity index (χ2n) is 5.72. The average molecular weight is 294 g/mol. The zero-order valence-electron chi connectivity index (χ0n) is 12.5. The van der Waals surface area contributed by atoms with Crippen LogP contribution in [0.5, 0.6) is 0 Å². The summed E-state index contributed by atoms with van der Waals surface area (Å²) in [4.78, 5) is 12.5. The maximum atomic E-state index is 12.5. The summed E-state index contributed by atoms with van der Waals surface area (Å²) in [6, 6.07) is 11.6. The van der Waals surface area contributed by atoms with E-state index in [4.69, 9.17) is 0 Å². The van der Waals surface area contributed by atoms with Gasteiger partial charge < -0.3 is 0 Å². The van der Waals surface area contributed by atoms with Crippen LogP contribution in [0.25, 0.3) is 10.9 Å². The fourth-order valence-corrected chi connectivity index (χ4v) is 2.88. The molecule has 1 fully saturated rings. The van der Waals surface area contributed by atoms with Crippen LogP contribution in [0.1, 0.15) is 31.4 Å². The summed E-state index contributed by atoms with van der Waals surface area (Å²) in [6.07, 6.45) is 4.24. The van der Waals surface area contributed by atoms with E-state index >= 15 is 0 Å². The first-order valence-corrected chi connectivity index (χ1v) is 7.71. The molecule has 2 aromatic heterocycles. The average Bonchev–Trinajstić information content (AvgIpc) is 3.15. The molecule has 3 aromatic rings. The molecule has 1 N–H and O–H groups in total. The Labute approximate surface area is 128 Å². The van der Waals surface area contributed by atoms with Crippen LogP contribution in [-0.2, 0) is 6.54 Å². The zero-order chi connectivity index (χ0) is 15.1. The predicted molar refractivity (Wildman–Crippen MR) is 86.2 cm³/mol. The van der Waals surface area contributed by atoms with Crippen molar-refractivity contribution in [3.05, 3.63) is 48.3 Å². The Morgan fingerprint density at radius 2 is 2.14 bits per heavy atom. The lowest BCUT2D eigenvalue weighted by atomic mass is 10.2. The number of benzene rings is 1. The molecule has 0 spiro atoms. The minimum atomic E-state index is -0.177. The van der Waals surface area contributed by atoms with Crippen molar-refractivity contribution < 1.29 is 4.79 Å². The summed E-state index contributed by atoms with van der Waals surface area (Å²) in [5.41, 5.74) is 2.13. The number of nitrogens with one attached hydrogen (secondary N) is 1. The molecule has 0 atom stereocenters. The van der Waals surface area contributed by atoms with Crippen molar-refractivity contribution in [2.24, 2.45) is 0 Å². The highest BCUT2D eigenvalue weighted by molar-refractivity contribution is 5.97. The number of amides is 1. The van der Waals surface area contributed by atoms with Gasteiger partial charge in [0.1, 0.15) is 0 Å². The Bertz CT molecular complexity index is 841. The number of carbonyl (C=O) groups excluding carboxylic acids is 1. The normalized spacial score (nSPS) is 14.4. The SMILES string of the molecule is CCn1nc(NC(=O)n2ccc3ccccc32)cc1C1CC1. The first kappa shape index (κ1) is 13.1. The van der Waals surface area contributed by atoms with Gasteiger partial charge in [0.25, 0.3) is 0 Å². The van der Waals surface area contributed by atoms with Gasteiger partial charge >= 0.3 is 6.03 Å². The first-order valence-electron chi connectivity index (χ1n) is 7.71. The quantitative estimate of drug-likeness (QED) is 0.798. The standard InChI is InChI=1S/C17H18N4O/c1-2-21-15(13-7-8-13)11-16(19-21)18-17(22)20-10-9-12-5-3-4-6-14(12)20/h3-6,9-11,13H,2,7-8H2,1H3,(H,18,19,22). The molecule has 0 unspecified atom stereocenters. The molecule has 2 heterocycles. The van der Waals surface area contributed by atoms with Crippen LogP contribution in [0.4, 0.5) is 10.6 Å². The van der Waals surface area contributed by atoms with Crippen LogP contribution < -0.4 is 5.32 Å². The van der Waals surface area contributed by atoms with Crippen molar-refractivity contribution in [3.63, 3.8) is 0 Å². The number of para-hydroxylation sites is 1. The van der Waals surface area contributed by atoms with Crippen molar-refractivity contribution >= 4 is 22.8 Å². The van der Waals surface area contributed by atoms with Gasteiger partial charge in [-0.2, -0.15) is 5.10 Å². The van der Waals surface area contributed by atoms with Gasteiger partial charge in [-0.05, 0) is 31.9 Å². The van der Waals surface area contributed by atoms with Crippen LogP contribution in [-0.4, -0.2) is 20.4 Å². The highest BCUT2D eigenvalue weighted by Crippen LogP contribution is 2.40. The van der Waals surface area contributed by atoms with E-state index in [1.807, 2.05) is 41.1 Å². The third kappa shape index (κ3) is 2.19. The molecule has 1 saturated carbocycles. The second-order valence-corrected chi connectivity index (χ2v) is 5.72. The summed E-state index contributed by atoms with van der Waals surface area (Å²) in [5.74, 6) is 1.25. The van der Waals surface area contributed by atoms with E-state index in [9.17, 15) is 4.79 Å². The van der Waals surface area contributed by atoms with Gasteiger partial charge in [-0.15, -0.1) is 0 Å². The van der Waals surface area contributed by atoms with Gasteiger partial charge in [0, 0.05) is 35.8 Å². The zero-order valence-corrected chi connectivity index (χ0v) is 12.5. The molecule has 0 radical (unpaired) electrons. The van der Waals surface area contributed by atoms with E-state index in [0.29, 0.717) is 11.7 Å². The molecule has 1 aliphatic rings. The molecule has 1 aliphatic carbocycles. The van der Waals surface area contributed by atoms with Crippen molar-refractivity contribution in [1.29, 1.82) is 0 Å². The van der Waals surface area contributed by atoms with Crippen molar-refractivity contribution in [3.8, 4) is 0 Å². The second kappa shape index (κ2) is 5.02.